The minimum Gasteiger partial charge on any atom is -0.504 e. The van der Waals surface area contributed by atoms with Crippen LogP contribution < -0.4 is 25.8 Å². The van der Waals surface area contributed by atoms with Gasteiger partial charge in [0.2, 0.25) is 0 Å². The molecule has 0 aliphatic rings. The van der Waals surface area contributed by atoms with Gasteiger partial charge in [-0.1, -0.05) is 11.3 Å². The van der Waals surface area contributed by atoms with Gasteiger partial charge in [0.1, 0.15) is 11.4 Å². The van der Waals surface area contributed by atoms with E-state index in [0.717, 1.165) is 12.1 Å². The number of quaternary nitrogens is 1. The molecule has 4 aromatic rings. The van der Waals surface area contributed by atoms with Crippen LogP contribution in [0.2, 0.25) is 0 Å². The van der Waals surface area contributed by atoms with Crippen LogP contribution in [0.5, 0.6) is 23.0 Å². The Labute approximate surface area is 296 Å². The highest BCUT2D eigenvalue weighted by Gasteiger charge is 2.25. The number of halogens is 1. The molecule has 8 N–H and O–H groups in total. The number of anilines is 2. The SMILES string of the molecule is COc1c(/C=C(\F)c2ccc(NC(=O)[C@@H]([NH3+])Cc3cn(COC(=O)C(C)(C)C)nn3)cc2)ccc(C(=O)Nc2ccc(C(=O)O)c(O)c2OC)c1O. The largest absolute Gasteiger partial charge is 0.504 e. The second-order valence-corrected chi connectivity index (χ2v) is 12.4. The fraction of sp³-hybridized carbons (Fsp3) is 0.257. The van der Waals surface area contributed by atoms with Gasteiger partial charge < -0.3 is 45.9 Å². The van der Waals surface area contributed by atoms with Crippen molar-refractivity contribution in [2.24, 2.45) is 5.41 Å². The number of methoxy groups -OCH3 is 2. The smallest absolute Gasteiger partial charge is 0.339 e. The lowest BCUT2D eigenvalue weighted by Crippen LogP contribution is -2.67. The van der Waals surface area contributed by atoms with E-state index >= 15 is 4.39 Å². The number of nitrogens with one attached hydrogen (secondary N) is 2. The molecule has 2 amide bonds. The van der Waals surface area contributed by atoms with Crippen molar-refractivity contribution in [1.82, 2.24) is 15.0 Å². The lowest BCUT2D eigenvalue weighted by molar-refractivity contribution is -0.402. The van der Waals surface area contributed by atoms with Gasteiger partial charge in [-0.25, -0.2) is 13.9 Å². The van der Waals surface area contributed by atoms with Gasteiger partial charge in [-0.05, 0) is 69.3 Å². The molecule has 1 aromatic heterocycles. The van der Waals surface area contributed by atoms with E-state index in [4.69, 9.17) is 14.2 Å². The van der Waals surface area contributed by atoms with Crippen LogP contribution in [0.25, 0.3) is 11.9 Å². The maximum Gasteiger partial charge on any atom is 0.339 e. The zero-order valence-electron chi connectivity index (χ0n) is 28.9. The van der Waals surface area contributed by atoms with Crippen molar-refractivity contribution >= 4 is 47.0 Å². The second kappa shape index (κ2) is 16.0. The third kappa shape index (κ3) is 8.99. The summed E-state index contributed by atoms with van der Waals surface area (Å²) >= 11 is 0. The topological polar surface area (TPSA) is 239 Å². The van der Waals surface area contributed by atoms with Crippen molar-refractivity contribution in [3.63, 3.8) is 0 Å². The van der Waals surface area contributed by atoms with E-state index in [2.05, 4.69) is 26.7 Å². The summed E-state index contributed by atoms with van der Waals surface area (Å²) in [6.45, 7) is 5.07. The summed E-state index contributed by atoms with van der Waals surface area (Å²) < 4.78 is 32.2. The van der Waals surface area contributed by atoms with Crippen molar-refractivity contribution in [3.05, 3.63) is 82.7 Å². The number of hydrogen-bond acceptors (Lipinski definition) is 11. The number of esters is 1. The fourth-order valence-electron chi connectivity index (χ4n) is 4.70. The number of aromatic nitrogens is 3. The molecule has 1 atom stereocenters. The quantitative estimate of drug-likeness (QED) is 0.0860. The first-order valence-electron chi connectivity index (χ1n) is 15.6. The zero-order valence-corrected chi connectivity index (χ0v) is 28.9. The standard InChI is InChI=1S/C35H37FN6O10/c1-35(2,3)34(49)52-17-42-16-21(40-41-42)15-25(37)32(46)38-20-9-6-18(7-10-20)24(36)14-19-8-11-22(27(43)29(19)50-4)31(45)39-26-13-12-23(33(47)48)28(44)30(26)51-5/h6-14,16,25,43-44H,15,17,37H2,1-5H3,(H,38,46)(H,39,45)(H,47,48)/p+1/b24-14-/t25-/m0/s1. The number of phenols is 2. The van der Waals surface area contributed by atoms with Crippen LogP contribution in [-0.4, -0.2) is 74.3 Å². The number of aromatic hydroxyl groups is 2. The first-order chi connectivity index (χ1) is 24.5. The average molecular weight is 722 g/mol. The number of benzene rings is 3. The number of nitrogens with zero attached hydrogens (tertiary/aromatic N) is 3. The Bertz CT molecular complexity index is 2020. The molecule has 0 saturated heterocycles. The van der Waals surface area contributed by atoms with Gasteiger partial charge in [-0.15, -0.1) is 5.10 Å². The maximum absolute atomic E-state index is 15.4. The van der Waals surface area contributed by atoms with Crippen LogP contribution in [0.1, 0.15) is 58.3 Å². The predicted octanol–water partition coefficient (Wildman–Crippen LogP) is 3.46. The Morgan fingerprint density at radius 1 is 0.942 bits per heavy atom. The lowest BCUT2D eigenvalue weighted by atomic mass is 9.98. The first kappa shape index (κ1) is 38.3. The molecule has 0 unspecified atom stereocenters. The van der Waals surface area contributed by atoms with Crippen molar-refractivity contribution in [1.29, 1.82) is 0 Å². The minimum absolute atomic E-state index is 0.0737. The molecule has 0 radical (unpaired) electrons. The van der Waals surface area contributed by atoms with Crippen LogP contribution in [0.4, 0.5) is 15.8 Å². The molecule has 4 rings (SSSR count). The molecule has 0 aliphatic carbocycles. The number of carbonyl (C=O) groups is 4. The number of phenolic OH excluding ortho intramolecular Hbond substituents is 1. The summed E-state index contributed by atoms with van der Waals surface area (Å²) in [7, 11) is 2.39. The highest BCUT2D eigenvalue weighted by atomic mass is 19.1. The Kier molecular flexibility index (Phi) is 11.8. The molecule has 0 bridgehead atoms. The molecule has 52 heavy (non-hydrogen) atoms. The van der Waals surface area contributed by atoms with Gasteiger partial charge >= 0.3 is 11.9 Å². The Morgan fingerprint density at radius 3 is 2.19 bits per heavy atom. The van der Waals surface area contributed by atoms with Crippen LogP contribution in [0.15, 0.2) is 54.7 Å². The normalized spacial score (nSPS) is 12.1. The summed E-state index contributed by atoms with van der Waals surface area (Å²) in [5.41, 5.74) is 3.49. The number of hydrogen-bond donors (Lipinski definition) is 6. The number of amides is 2. The molecular weight excluding hydrogens is 683 g/mol. The van der Waals surface area contributed by atoms with Crippen LogP contribution >= 0.6 is 0 Å². The molecule has 1 heterocycles. The Morgan fingerprint density at radius 2 is 1.58 bits per heavy atom. The molecule has 0 aliphatic heterocycles. The Hall–Kier alpha value is -6.49. The van der Waals surface area contributed by atoms with Gasteiger partial charge in [0.15, 0.2) is 35.8 Å². The van der Waals surface area contributed by atoms with E-state index < -0.39 is 58.1 Å². The number of carbonyl (C=O) groups excluding carboxylic acids is 3. The third-order valence-electron chi connectivity index (χ3n) is 7.49. The van der Waals surface area contributed by atoms with Crippen molar-refractivity contribution < 1.29 is 58.8 Å². The fourth-order valence-corrected chi connectivity index (χ4v) is 4.70. The monoisotopic (exact) mass is 721 g/mol. The van der Waals surface area contributed by atoms with Crippen LogP contribution in [0, 0.1) is 5.41 Å². The van der Waals surface area contributed by atoms with E-state index in [0.29, 0.717) is 11.4 Å². The van der Waals surface area contributed by atoms with Crippen molar-refractivity contribution in [2.75, 3.05) is 24.9 Å². The third-order valence-corrected chi connectivity index (χ3v) is 7.49. The summed E-state index contributed by atoms with van der Waals surface area (Å²) in [5, 5.41) is 43.4. The minimum atomic E-state index is -1.41. The van der Waals surface area contributed by atoms with Gasteiger partial charge in [-0.2, -0.15) is 0 Å². The van der Waals surface area contributed by atoms with E-state index in [-0.39, 0.29) is 47.0 Å². The van der Waals surface area contributed by atoms with E-state index in [1.807, 2.05) is 0 Å². The van der Waals surface area contributed by atoms with E-state index in [1.165, 1.54) is 61.4 Å². The number of rotatable bonds is 13. The molecule has 274 valence electrons. The van der Waals surface area contributed by atoms with E-state index in [9.17, 15) is 34.5 Å². The summed E-state index contributed by atoms with van der Waals surface area (Å²) in [6, 6.07) is 9.92. The molecule has 0 spiro atoms. The molecule has 0 fully saturated rings. The highest BCUT2D eigenvalue weighted by Crippen LogP contribution is 2.40. The van der Waals surface area contributed by atoms with Gasteiger partial charge in [0.25, 0.3) is 11.8 Å². The number of carboxylic acid groups (broad SMARTS) is 1. The molecule has 16 nitrogen and oxygen atoms in total. The summed E-state index contributed by atoms with van der Waals surface area (Å²) in [6.07, 6.45) is 2.79. The van der Waals surface area contributed by atoms with Crippen LogP contribution in [-0.2, 0) is 27.5 Å². The first-order valence-corrected chi connectivity index (χ1v) is 15.6. The number of carboxylic acids is 1. The Balaban J connectivity index is 1.41. The number of aromatic carboxylic acids is 1. The number of ether oxygens (including phenoxy) is 3. The summed E-state index contributed by atoms with van der Waals surface area (Å²) in [5.74, 6) is -5.65. The highest BCUT2D eigenvalue weighted by molar-refractivity contribution is 6.08. The average Bonchev–Trinajstić information content (AvgIpc) is 3.54. The molecular formula is C35H38FN6O10+. The second-order valence-electron chi connectivity index (χ2n) is 12.4. The van der Waals surface area contributed by atoms with Gasteiger partial charge in [-0.3, -0.25) is 14.4 Å². The predicted molar refractivity (Wildman–Crippen MR) is 184 cm³/mol. The van der Waals surface area contributed by atoms with Crippen LogP contribution in [0.3, 0.4) is 0 Å². The van der Waals surface area contributed by atoms with Gasteiger partial charge in [0.05, 0.1) is 49.2 Å². The van der Waals surface area contributed by atoms with Crippen molar-refractivity contribution in [2.45, 2.75) is 40.0 Å². The summed E-state index contributed by atoms with van der Waals surface area (Å²) in [4.78, 5) is 49.1. The molecule has 3 aromatic carbocycles. The molecule has 17 heteroatoms. The van der Waals surface area contributed by atoms with Gasteiger partial charge in [0, 0.05) is 16.8 Å². The zero-order chi connectivity index (χ0) is 38.3. The van der Waals surface area contributed by atoms with E-state index in [1.54, 1.807) is 27.0 Å². The maximum atomic E-state index is 15.4. The lowest BCUT2D eigenvalue weighted by Gasteiger charge is -2.16. The van der Waals surface area contributed by atoms with Crippen molar-refractivity contribution in [3.8, 4) is 23.0 Å². The molecule has 0 saturated carbocycles.